The first-order valence-electron chi connectivity index (χ1n) is 10.2. The topological polar surface area (TPSA) is 82.2 Å². The van der Waals surface area contributed by atoms with E-state index in [4.69, 9.17) is 12.2 Å². The average Bonchev–Trinajstić information content (AvgIpc) is 3.29. The molecule has 2 aromatic carbocycles. The number of nitrogens with one attached hydrogen (secondary N) is 3. The van der Waals surface area contributed by atoms with Gasteiger partial charge in [0.1, 0.15) is 0 Å². The van der Waals surface area contributed by atoms with Gasteiger partial charge in [0.15, 0.2) is 10.8 Å². The number of halogens is 3. The number of rotatable bonds is 8. The van der Waals surface area contributed by atoms with Crippen molar-refractivity contribution in [3.63, 3.8) is 0 Å². The Hall–Kier alpha value is -3.09. The number of anilines is 3. The fourth-order valence-electron chi connectivity index (χ4n) is 3.06. The van der Waals surface area contributed by atoms with Gasteiger partial charge in [-0.3, -0.25) is 4.79 Å². The molecule has 1 aromatic heterocycles. The molecule has 34 heavy (non-hydrogen) atoms. The molecule has 3 N–H and O–H groups in total. The summed E-state index contributed by atoms with van der Waals surface area (Å²) in [7, 11) is 3.84. The first-order valence-corrected chi connectivity index (χ1v) is 11.5. The lowest BCUT2D eigenvalue weighted by Crippen LogP contribution is -2.20. The number of carbonyl (C=O) groups excluding carboxylic acids is 1. The van der Waals surface area contributed by atoms with E-state index in [1.165, 1.54) is 11.4 Å². The number of amides is 1. The van der Waals surface area contributed by atoms with Gasteiger partial charge in [-0.05, 0) is 105 Å². The highest BCUT2D eigenvalue weighted by Gasteiger charge is 2.31. The van der Waals surface area contributed by atoms with Gasteiger partial charge < -0.3 is 20.9 Å². The highest BCUT2D eigenvalue weighted by atomic mass is 32.1. The second-order valence-electron chi connectivity index (χ2n) is 7.72. The molecule has 0 bridgehead atoms. The predicted octanol–water partition coefficient (Wildman–Crippen LogP) is 5.11. The maximum absolute atomic E-state index is 13.4. The molecule has 0 radical (unpaired) electrons. The van der Waals surface area contributed by atoms with Crippen molar-refractivity contribution in [2.45, 2.75) is 19.0 Å². The fraction of sp³-hybridized carbons (Fsp3) is 0.273. The number of hydrogen-bond donors (Lipinski definition) is 3. The first-order chi connectivity index (χ1) is 16.1. The van der Waals surface area contributed by atoms with Gasteiger partial charge in [-0.1, -0.05) is 4.49 Å². The van der Waals surface area contributed by atoms with Gasteiger partial charge in [-0.2, -0.15) is 13.2 Å². The summed E-state index contributed by atoms with van der Waals surface area (Å²) in [5.41, 5.74) is 1.48. The van der Waals surface area contributed by atoms with Crippen LogP contribution in [0.3, 0.4) is 0 Å². The highest BCUT2D eigenvalue weighted by molar-refractivity contribution is 7.80. The lowest BCUT2D eigenvalue weighted by Gasteiger charge is -2.16. The zero-order valence-electron chi connectivity index (χ0n) is 18.4. The Morgan fingerprint density at radius 1 is 1.03 bits per heavy atom. The number of benzene rings is 2. The molecular formula is C22H23F3N6OS2. The second-order valence-corrected chi connectivity index (χ2v) is 8.74. The predicted molar refractivity (Wildman–Crippen MR) is 132 cm³/mol. The fourth-order valence-corrected chi connectivity index (χ4v) is 3.73. The maximum atomic E-state index is 13.4. The van der Waals surface area contributed by atoms with Crippen molar-refractivity contribution < 1.29 is 18.0 Å². The van der Waals surface area contributed by atoms with Crippen LogP contribution in [0, 0.1) is 0 Å². The van der Waals surface area contributed by atoms with Crippen molar-refractivity contribution in [2.24, 2.45) is 0 Å². The van der Waals surface area contributed by atoms with E-state index in [0.29, 0.717) is 23.4 Å². The van der Waals surface area contributed by atoms with Crippen LogP contribution in [0.4, 0.5) is 30.2 Å². The number of thiocarbonyl (C=S) groups is 1. The zero-order valence-corrected chi connectivity index (χ0v) is 20.1. The van der Waals surface area contributed by atoms with E-state index in [2.05, 4.69) is 25.5 Å². The second kappa shape index (κ2) is 11.4. The molecular weight excluding hydrogens is 485 g/mol. The minimum atomic E-state index is -4.46. The summed E-state index contributed by atoms with van der Waals surface area (Å²) in [5.74, 6) is -0.377. The average molecular weight is 509 g/mol. The van der Waals surface area contributed by atoms with Gasteiger partial charge in [-0.25, -0.2) is 0 Å². The van der Waals surface area contributed by atoms with Crippen molar-refractivity contribution in [3.8, 4) is 0 Å². The van der Waals surface area contributed by atoms with Crippen LogP contribution in [0.15, 0.2) is 47.8 Å². The molecule has 0 aliphatic heterocycles. The Morgan fingerprint density at radius 2 is 1.68 bits per heavy atom. The van der Waals surface area contributed by atoms with Crippen molar-refractivity contribution in [3.05, 3.63) is 64.7 Å². The molecule has 0 spiro atoms. The molecule has 1 heterocycles. The van der Waals surface area contributed by atoms with Crippen molar-refractivity contribution in [1.29, 1.82) is 0 Å². The number of alkyl halides is 3. The maximum Gasteiger partial charge on any atom is 0.416 e. The number of aromatic nitrogens is 2. The van der Waals surface area contributed by atoms with E-state index >= 15 is 0 Å². The van der Waals surface area contributed by atoms with Crippen molar-refractivity contribution in [1.82, 2.24) is 14.5 Å². The SMILES string of the molecule is CN(C)CCCc1cc(NC(=S)Nc2ccc(NC(=O)c3csnn3)cc2)cc(C(F)(F)F)c1. The minimum Gasteiger partial charge on any atom is -0.332 e. The normalized spacial score (nSPS) is 11.4. The molecule has 7 nitrogen and oxygen atoms in total. The van der Waals surface area contributed by atoms with Crippen LogP contribution in [0.2, 0.25) is 0 Å². The number of nitrogens with zero attached hydrogens (tertiary/aromatic N) is 3. The third-order valence-electron chi connectivity index (χ3n) is 4.64. The van der Waals surface area contributed by atoms with E-state index in [-0.39, 0.29) is 22.4 Å². The number of hydrogen-bond acceptors (Lipinski definition) is 6. The Balaban J connectivity index is 1.63. The van der Waals surface area contributed by atoms with Crippen LogP contribution in [0.25, 0.3) is 0 Å². The smallest absolute Gasteiger partial charge is 0.332 e. The largest absolute Gasteiger partial charge is 0.416 e. The molecule has 180 valence electrons. The Labute approximate surface area is 204 Å². The van der Waals surface area contributed by atoms with Gasteiger partial charge in [0.25, 0.3) is 5.91 Å². The van der Waals surface area contributed by atoms with Crippen molar-refractivity contribution in [2.75, 3.05) is 36.6 Å². The van der Waals surface area contributed by atoms with Crippen molar-refractivity contribution >= 4 is 51.8 Å². The standard InChI is InChI=1S/C22H23F3N6OS2/c1-31(2)9-3-4-14-10-15(22(23,24)25)12-18(11-14)28-21(33)27-17-7-5-16(6-8-17)26-20(32)19-13-34-30-29-19/h5-8,10-13H,3-4,9H2,1-2H3,(H,26,32)(H2,27,28,33). The lowest BCUT2D eigenvalue weighted by atomic mass is 10.0. The summed E-state index contributed by atoms with van der Waals surface area (Å²) < 4.78 is 43.8. The lowest BCUT2D eigenvalue weighted by molar-refractivity contribution is -0.137. The molecule has 0 unspecified atom stereocenters. The van der Waals surface area contributed by atoms with Gasteiger partial charge in [0.2, 0.25) is 0 Å². The summed E-state index contributed by atoms with van der Waals surface area (Å²) in [6, 6.07) is 10.6. The summed E-state index contributed by atoms with van der Waals surface area (Å²) in [4.78, 5) is 14.0. The molecule has 0 saturated carbocycles. The Morgan fingerprint density at radius 3 is 2.26 bits per heavy atom. The van der Waals surface area contributed by atoms with Crippen LogP contribution in [-0.4, -0.2) is 46.1 Å². The summed E-state index contributed by atoms with van der Waals surface area (Å²) in [6.45, 7) is 0.774. The van der Waals surface area contributed by atoms with E-state index in [1.807, 2.05) is 19.0 Å². The quantitative estimate of drug-likeness (QED) is 0.365. The molecule has 0 aliphatic rings. The van der Waals surface area contributed by atoms with Crippen LogP contribution >= 0.6 is 23.8 Å². The summed E-state index contributed by atoms with van der Waals surface area (Å²) in [6.07, 6.45) is -3.21. The number of aryl methyl sites for hydroxylation is 1. The third-order valence-corrected chi connectivity index (χ3v) is 5.35. The third kappa shape index (κ3) is 7.75. The van der Waals surface area contributed by atoms with Crippen LogP contribution in [0.1, 0.15) is 28.0 Å². The molecule has 1 amide bonds. The molecule has 0 aliphatic carbocycles. The monoisotopic (exact) mass is 508 g/mol. The summed E-state index contributed by atoms with van der Waals surface area (Å²) >= 11 is 6.36. The number of carbonyl (C=O) groups is 1. The molecule has 3 aromatic rings. The summed E-state index contributed by atoms with van der Waals surface area (Å²) in [5, 5.41) is 13.8. The molecule has 12 heteroatoms. The van der Waals surface area contributed by atoms with Crippen LogP contribution in [0.5, 0.6) is 0 Å². The van der Waals surface area contributed by atoms with Crippen LogP contribution in [-0.2, 0) is 12.6 Å². The zero-order chi connectivity index (χ0) is 24.7. The van der Waals surface area contributed by atoms with Crippen LogP contribution < -0.4 is 16.0 Å². The first kappa shape index (κ1) is 25.5. The molecule has 0 atom stereocenters. The molecule has 0 fully saturated rings. The van der Waals surface area contributed by atoms with Gasteiger partial charge in [0.05, 0.1) is 5.56 Å². The Kier molecular flexibility index (Phi) is 8.53. The molecule has 3 rings (SSSR count). The van der Waals surface area contributed by atoms with E-state index < -0.39 is 11.7 Å². The minimum absolute atomic E-state index is 0.142. The highest BCUT2D eigenvalue weighted by Crippen LogP contribution is 2.32. The van der Waals surface area contributed by atoms with E-state index in [1.54, 1.807) is 30.3 Å². The Bertz CT molecular complexity index is 1120. The van der Waals surface area contributed by atoms with Gasteiger partial charge >= 0.3 is 6.18 Å². The van der Waals surface area contributed by atoms with Gasteiger partial charge in [-0.15, -0.1) is 5.10 Å². The van der Waals surface area contributed by atoms with E-state index in [0.717, 1.165) is 30.6 Å². The van der Waals surface area contributed by atoms with Gasteiger partial charge in [0, 0.05) is 22.4 Å². The molecule has 0 saturated heterocycles. The van der Waals surface area contributed by atoms with E-state index in [9.17, 15) is 18.0 Å².